The van der Waals surface area contributed by atoms with Crippen molar-refractivity contribution in [2.45, 2.75) is 20.0 Å². The Balaban J connectivity index is 1.82. The van der Waals surface area contributed by atoms with Gasteiger partial charge in [-0.1, -0.05) is 6.92 Å². The quantitative estimate of drug-likeness (QED) is 0.774. The molecule has 7 heteroatoms. The molecular weight excluding hydrogens is 317 g/mol. The maximum atomic E-state index is 12.8. The topological polar surface area (TPSA) is 88.8 Å². The molecule has 128 valence electrons. The summed E-state index contributed by atoms with van der Waals surface area (Å²) in [6, 6.07) is 8.69. The molecule has 1 aromatic heterocycles. The van der Waals surface area contributed by atoms with E-state index in [1.807, 2.05) is 0 Å². The molecule has 24 heavy (non-hydrogen) atoms. The van der Waals surface area contributed by atoms with Gasteiger partial charge < -0.3 is 19.6 Å². The second kappa shape index (κ2) is 8.14. The highest BCUT2D eigenvalue weighted by atomic mass is 19.1. The largest absolute Gasteiger partial charge is 0.486 e. The lowest BCUT2D eigenvalue weighted by atomic mass is 10.1. The Bertz CT molecular complexity index is 695. The SMILES string of the molecule is CC(CNC(=O)c1ccc(COc2ccc(F)cc2)o1)CC(=O)O. The predicted octanol–water partition coefficient (Wildman–Crippen LogP) is 2.84. The van der Waals surface area contributed by atoms with Crippen LogP contribution in [0.3, 0.4) is 0 Å². The van der Waals surface area contributed by atoms with E-state index in [1.54, 1.807) is 13.0 Å². The van der Waals surface area contributed by atoms with Gasteiger partial charge in [-0.05, 0) is 42.3 Å². The van der Waals surface area contributed by atoms with Crippen molar-refractivity contribution in [2.75, 3.05) is 6.54 Å². The van der Waals surface area contributed by atoms with E-state index >= 15 is 0 Å². The standard InChI is InChI=1S/C17H18FNO5/c1-11(8-16(20)21)9-19-17(22)15-7-6-14(24-15)10-23-13-4-2-12(18)3-5-13/h2-7,11H,8-10H2,1H3,(H,19,22)(H,20,21). The first-order valence-electron chi connectivity index (χ1n) is 7.41. The number of hydrogen-bond donors (Lipinski definition) is 2. The van der Waals surface area contributed by atoms with Gasteiger partial charge in [0, 0.05) is 13.0 Å². The lowest BCUT2D eigenvalue weighted by molar-refractivity contribution is -0.137. The summed E-state index contributed by atoms with van der Waals surface area (Å²) in [5.74, 6) is -0.797. The molecule has 0 bridgehead atoms. The number of carbonyl (C=O) groups is 2. The highest BCUT2D eigenvalue weighted by Crippen LogP contribution is 2.15. The van der Waals surface area contributed by atoms with Crippen LogP contribution in [0.4, 0.5) is 4.39 Å². The van der Waals surface area contributed by atoms with Crippen LogP contribution in [0.15, 0.2) is 40.8 Å². The van der Waals surface area contributed by atoms with E-state index in [2.05, 4.69) is 5.32 Å². The highest BCUT2D eigenvalue weighted by Gasteiger charge is 2.14. The van der Waals surface area contributed by atoms with E-state index in [4.69, 9.17) is 14.3 Å². The number of carboxylic acid groups (broad SMARTS) is 1. The number of amides is 1. The van der Waals surface area contributed by atoms with Crippen molar-refractivity contribution < 1.29 is 28.2 Å². The summed E-state index contributed by atoms with van der Waals surface area (Å²) >= 11 is 0. The maximum absolute atomic E-state index is 12.8. The van der Waals surface area contributed by atoms with Crippen molar-refractivity contribution >= 4 is 11.9 Å². The molecule has 0 spiro atoms. The molecule has 1 atom stereocenters. The summed E-state index contributed by atoms with van der Waals surface area (Å²) in [5, 5.41) is 11.3. The van der Waals surface area contributed by atoms with Gasteiger partial charge in [-0.25, -0.2) is 4.39 Å². The summed E-state index contributed by atoms with van der Waals surface area (Å²) in [6.07, 6.45) is -0.0187. The number of halogens is 1. The van der Waals surface area contributed by atoms with E-state index in [9.17, 15) is 14.0 Å². The molecule has 0 saturated heterocycles. The number of ether oxygens (including phenoxy) is 1. The molecule has 0 aliphatic heterocycles. The van der Waals surface area contributed by atoms with Gasteiger partial charge in [0.2, 0.25) is 0 Å². The first-order chi connectivity index (χ1) is 11.4. The van der Waals surface area contributed by atoms with Gasteiger partial charge in [-0.2, -0.15) is 0 Å². The zero-order chi connectivity index (χ0) is 17.5. The second-order valence-corrected chi connectivity index (χ2v) is 5.42. The third kappa shape index (κ3) is 5.42. The molecule has 2 N–H and O–H groups in total. The summed E-state index contributed by atoms with van der Waals surface area (Å²) < 4.78 is 23.6. The zero-order valence-electron chi connectivity index (χ0n) is 13.1. The van der Waals surface area contributed by atoms with Gasteiger partial charge in [-0.15, -0.1) is 0 Å². The van der Waals surface area contributed by atoms with Crippen molar-refractivity contribution in [3.05, 3.63) is 53.7 Å². The molecule has 0 saturated carbocycles. The minimum absolute atomic E-state index is 0.0187. The van der Waals surface area contributed by atoms with Gasteiger partial charge in [0.05, 0.1) is 0 Å². The number of aliphatic carboxylic acids is 1. The molecule has 6 nitrogen and oxygen atoms in total. The molecule has 0 radical (unpaired) electrons. The van der Waals surface area contributed by atoms with Crippen LogP contribution in [0.5, 0.6) is 5.75 Å². The third-order valence-corrected chi connectivity index (χ3v) is 3.21. The lowest BCUT2D eigenvalue weighted by Gasteiger charge is -2.09. The van der Waals surface area contributed by atoms with Gasteiger partial charge in [0.25, 0.3) is 5.91 Å². The van der Waals surface area contributed by atoms with Crippen molar-refractivity contribution in [1.82, 2.24) is 5.32 Å². The minimum atomic E-state index is -0.907. The Morgan fingerprint density at radius 3 is 2.62 bits per heavy atom. The van der Waals surface area contributed by atoms with Crippen LogP contribution in [0.2, 0.25) is 0 Å². The van der Waals surface area contributed by atoms with Crippen LogP contribution >= 0.6 is 0 Å². The van der Waals surface area contributed by atoms with Gasteiger partial charge >= 0.3 is 5.97 Å². The van der Waals surface area contributed by atoms with Gasteiger partial charge in [0.1, 0.15) is 23.9 Å². The molecular formula is C17H18FNO5. The molecule has 2 rings (SSSR count). The summed E-state index contributed by atoms with van der Waals surface area (Å²) in [7, 11) is 0. The number of benzene rings is 1. The molecule has 0 aliphatic carbocycles. The van der Waals surface area contributed by atoms with Crippen LogP contribution in [0, 0.1) is 11.7 Å². The van der Waals surface area contributed by atoms with Crippen LogP contribution in [-0.4, -0.2) is 23.5 Å². The van der Waals surface area contributed by atoms with Crippen LogP contribution in [-0.2, 0) is 11.4 Å². The monoisotopic (exact) mass is 335 g/mol. The molecule has 1 amide bonds. The van der Waals surface area contributed by atoms with Gasteiger partial charge in [0.15, 0.2) is 5.76 Å². The van der Waals surface area contributed by atoms with Crippen LogP contribution < -0.4 is 10.1 Å². The van der Waals surface area contributed by atoms with Gasteiger partial charge in [-0.3, -0.25) is 9.59 Å². The molecule has 1 heterocycles. The fourth-order valence-corrected chi connectivity index (χ4v) is 1.99. The molecule has 0 fully saturated rings. The zero-order valence-corrected chi connectivity index (χ0v) is 13.1. The number of carboxylic acids is 1. The fourth-order valence-electron chi connectivity index (χ4n) is 1.99. The Labute approximate surface area is 138 Å². The van der Waals surface area contributed by atoms with E-state index in [1.165, 1.54) is 30.3 Å². The van der Waals surface area contributed by atoms with E-state index in [0.717, 1.165) is 0 Å². The average Bonchev–Trinajstić information content (AvgIpc) is 3.00. The number of carbonyl (C=O) groups excluding carboxylic acids is 1. The molecule has 1 aromatic carbocycles. The molecule has 0 aliphatic rings. The highest BCUT2D eigenvalue weighted by molar-refractivity contribution is 5.91. The summed E-state index contributed by atoms with van der Waals surface area (Å²) in [5.41, 5.74) is 0. The second-order valence-electron chi connectivity index (χ2n) is 5.42. The Hall–Kier alpha value is -2.83. The normalized spacial score (nSPS) is 11.8. The maximum Gasteiger partial charge on any atom is 0.303 e. The lowest BCUT2D eigenvalue weighted by Crippen LogP contribution is -2.28. The van der Waals surface area contributed by atoms with E-state index in [0.29, 0.717) is 11.5 Å². The molecule has 2 aromatic rings. The fraction of sp³-hybridized carbons (Fsp3) is 0.294. The number of hydrogen-bond acceptors (Lipinski definition) is 4. The van der Waals surface area contributed by atoms with E-state index in [-0.39, 0.29) is 37.1 Å². The van der Waals surface area contributed by atoms with Crippen LogP contribution in [0.1, 0.15) is 29.7 Å². The Morgan fingerprint density at radius 2 is 1.96 bits per heavy atom. The van der Waals surface area contributed by atoms with Crippen molar-refractivity contribution in [1.29, 1.82) is 0 Å². The summed E-state index contributed by atoms with van der Waals surface area (Å²) in [6.45, 7) is 2.08. The minimum Gasteiger partial charge on any atom is -0.486 e. The number of furan rings is 1. The Kier molecular flexibility index (Phi) is 5.95. The van der Waals surface area contributed by atoms with Crippen molar-refractivity contribution in [3.63, 3.8) is 0 Å². The predicted molar refractivity (Wildman–Crippen MR) is 83.2 cm³/mol. The molecule has 1 unspecified atom stereocenters. The third-order valence-electron chi connectivity index (χ3n) is 3.21. The van der Waals surface area contributed by atoms with E-state index < -0.39 is 11.9 Å². The summed E-state index contributed by atoms with van der Waals surface area (Å²) in [4.78, 5) is 22.5. The van der Waals surface area contributed by atoms with Crippen molar-refractivity contribution in [2.24, 2.45) is 5.92 Å². The number of rotatable bonds is 8. The average molecular weight is 335 g/mol. The first-order valence-corrected chi connectivity index (χ1v) is 7.41. The smallest absolute Gasteiger partial charge is 0.303 e. The van der Waals surface area contributed by atoms with Crippen molar-refractivity contribution in [3.8, 4) is 5.75 Å². The number of nitrogens with one attached hydrogen (secondary N) is 1. The Morgan fingerprint density at radius 1 is 1.25 bits per heavy atom. The first kappa shape index (κ1) is 17.5. The van der Waals surface area contributed by atoms with Crippen LogP contribution in [0.25, 0.3) is 0 Å².